The van der Waals surface area contributed by atoms with Gasteiger partial charge in [0.2, 0.25) is 0 Å². The molecule has 0 radical (unpaired) electrons. The Hall–Kier alpha value is -0.860. The maximum Gasteiger partial charge on any atom is 0.191 e. The fourth-order valence-corrected chi connectivity index (χ4v) is 3.52. The molecule has 2 N–H and O–H groups in total. The Morgan fingerprint density at radius 2 is 2.00 bits per heavy atom. The molecule has 1 aromatic rings. The largest absolute Gasteiger partial charge is 0.355 e. The molecule has 0 amide bonds. The average molecular weight is 473 g/mol. The lowest BCUT2D eigenvalue weighted by Gasteiger charge is -2.27. The summed E-state index contributed by atoms with van der Waals surface area (Å²) in [4.78, 5) is 9.23. The highest BCUT2D eigenvalue weighted by Gasteiger charge is 2.23. The van der Waals surface area contributed by atoms with E-state index >= 15 is 0 Å². The van der Waals surface area contributed by atoms with Gasteiger partial charge < -0.3 is 15.5 Å². The van der Waals surface area contributed by atoms with E-state index in [1.807, 2.05) is 7.05 Å². The van der Waals surface area contributed by atoms with Crippen molar-refractivity contribution in [2.24, 2.45) is 4.99 Å². The van der Waals surface area contributed by atoms with E-state index in [1.54, 1.807) is 0 Å². The first-order chi connectivity index (χ1) is 12.1. The molecule has 0 bridgehead atoms. The molecule has 1 heterocycles. The summed E-state index contributed by atoms with van der Waals surface area (Å²) in [7, 11) is 6.13. The SMILES string of the molecule is CCN1CCCC1CNC(=NC)NCC(Cc1ccccc1)N(C)C.I. The van der Waals surface area contributed by atoms with Crippen LogP contribution in [0.1, 0.15) is 25.3 Å². The van der Waals surface area contributed by atoms with Gasteiger partial charge in [-0.25, -0.2) is 0 Å². The second kappa shape index (κ2) is 12.5. The molecule has 1 saturated heterocycles. The van der Waals surface area contributed by atoms with Crippen molar-refractivity contribution in [3.63, 3.8) is 0 Å². The van der Waals surface area contributed by atoms with Crippen LogP contribution in [0.3, 0.4) is 0 Å². The van der Waals surface area contributed by atoms with Crippen LogP contribution < -0.4 is 10.6 Å². The van der Waals surface area contributed by atoms with E-state index in [0.717, 1.165) is 32.0 Å². The molecule has 148 valence electrons. The molecule has 0 saturated carbocycles. The van der Waals surface area contributed by atoms with Gasteiger partial charge in [0.15, 0.2) is 5.96 Å². The molecule has 1 aliphatic heterocycles. The van der Waals surface area contributed by atoms with Crippen LogP contribution in [-0.2, 0) is 6.42 Å². The van der Waals surface area contributed by atoms with Gasteiger partial charge >= 0.3 is 0 Å². The average Bonchev–Trinajstić information content (AvgIpc) is 3.09. The fourth-order valence-electron chi connectivity index (χ4n) is 3.52. The quantitative estimate of drug-likeness (QED) is 0.346. The van der Waals surface area contributed by atoms with Crippen LogP contribution in [0.15, 0.2) is 35.3 Å². The molecular weight excluding hydrogens is 437 g/mol. The Morgan fingerprint density at radius 1 is 1.27 bits per heavy atom. The molecule has 5 nitrogen and oxygen atoms in total. The zero-order valence-corrected chi connectivity index (χ0v) is 19.1. The van der Waals surface area contributed by atoms with Crippen molar-refractivity contribution in [1.29, 1.82) is 0 Å². The smallest absolute Gasteiger partial charge is 0.191 e. The number of nitrogens with zero attached hydrogens (tertiary/aromatic N) is 3. The summed E-state index contributed by atoms with van der Waals surface area (Å²) in [6.07, 6.45) is 3.63. The topological polar surface area (TPSA) is 42.9 Å². The molecule has 2 unspecified atom stereocenters. The van der Waals surface area contributed by atoms with Gasteiger partial charge in [0.05, 0.1) is 0 Å². The lowest BCUT2D eigenvalue weighted by atomic mass is 10.1. The molecular formula is C20H36IN5. The third kappa shape index (κ3) is 7.40. The lowest BCUT2D eigenvalue weighted by Crippen LogP contribution is -2.48. The van der Waals surface area contributed by atoms with E-state index in [0.29, 0.717) is 12.1 Å². The van der Waals surface area contributed by atoms with Crippen molar-refractivity contribution in [1.82, 2.24) is 20.4 Å². The van der Waals surface area contributed by atoms with Crippen molar-refractivity contribution >= 4 is 29.9 Å². The number of likely N-dealkylation sites (tertiary alicyclic amines) is 1. The van der Waals surface area contributed by atoms with Gasteiger partial charge in [-0.05, 0) is 52.0 Å². The van der Waals surface area contributed by atoms with Crippen LogP contribution in [0.25, 0.3) is 0 Å². The summed E-state index contributed by atoms with van der Waals surface area (Å²) in [5.41, 5.74) is 1.37. The van der Waals surface area contributed by atoms with Crippen LogP contribution >= 0.6 is 24.0 Å². The summed E-state index contributed by atoms with van der Waals surface area (Å²) in [6, 6.07) is 11.7. The van der Waals surface area contributed by atoms with Crippen molar-refractivity contribution in [2.75, 3.05) is 47.3 Å². The van der Waals surface area contributed by atoms with Gasteiger partial charge in [-0.3, -0.25) is 9.89 Å². The van der Waals surface area contributed by atoms with E-state index < -0.39 is 0 Å². The number of aliphatic imine (C=N–C) groups is 1. The van der Waals surface area contributed by atoms with Crippen LogP contribution in [0.4, 0.5) is 0 Å². The molecule has 2 rings (SSSR count). The molecule has 1 aromatic carbocycles. The van der Waals surface area contributed by atoms with E-state index in [-0.39, 0.29) is 24.0 Å². The second-order valence-electron chi connectivity index (χ2n) is 7.07. The number of rotatable bonds is 8. The van der Waals surface area contributed by atoms with E-state index in [4.69, 9.17) is 0 Å². The van der Waals surface area contributed by atoms with Crippen molar-refractivity contribution in [2.45, 2.75) is 38.3 Å². The van der Waals surface area contributed by atoms with Gasteiger partial charge in [0.25, 0.3) is 0 Å². The van der Waals surface area contributed by atoms with Crippen molar-refractivity contribution < 1.29 is 0 Å². The van der Waals surface area contributed by atoms with E-state index in [9.17, 15) is 0 Å². The summed E-state index contributed by atoms with van der Waals surface area (Å²) >= 11 is 0. The number of halogens is 1. The van der Waals surface area contributed by atoms with Gasteiger partial charge in [-0.15, -0.1) is 24.0 Å². The van der Waals surface area contributed by atoms with Crippen molar-refractivity contribution in [3.05, 3.63) is 35.9 Å². The van der Waals surface area contributed by atoms with Crippen molar-refractivity contribution in [3.8, 4) is 0 Å². The summed E-state index contributed by atoms with van der Waals surface area (Å²) in [5, 5.41) is 7.02. The summed E-state index contributed by atoms with van der Waals surface area (Å²) < 4.78 is 0. The Bertz CT molecular complexity index is 520. The highest BCUT2D eigenvalue weighted by Crippen LogP contribution is 2.15. The predicted octanol–water partition coefficient (Wildman–Crippen LogP) is 2.43. The first kappa shape index (κ1) is 23.2. The monoisotopic (exact) mass is 473 g/mol. The van der Waals surface area contributed by atoms with Crippen LogP contribution in [0, 0.1) is 0 Å². The molecule has 2 atom stereocenters. The number of likely N-dealkylation sites (N-methyl/N-ethyl adjacent to an activating group) is 2. The van der Waals surface area contributed by atoms with Gasteiger partial charge in [-0.1, -0.05) is 37.3 Å². The Kier molecular flexibility index (Phi) is 11.2. The number of nitrogens with one attached hydrogen (secondary N) is 2. The molecule has 0 aromatic heterocycles. The third-order valence-electron chi connectivity index (χ3n) is 5.18. The molecule has 1 fully saturated rings. The van der Waals surface area contributed by atoms with Gasteiger partial charge in [0, 0.05) is 32.2 Å². The van der Waals surface area contributed by atoms with Crippen LogP contribution in [0.5, 0.6) is 0 Å². The maximum atomic E-state index is 4.40. The van der Waals surface area contributed by atoms with E-state index in [1.165, 1.54) is 24.9 Å². The number of benzene rings is 1. The molecule has 6 heteroatoms. The number of hydrogen-bond acceptors (Lipinski definition) is 3. The summed E-state index contributed by atoms with van der Waals surface area (Å²) in [6.45, 7) is 6.46. The zero-order chi connectivity index (χ0) is 18.1. The minimum Gasteiger partial charge on any atom is -0.355 e. The van der Waals surface area contributed by atoms with E-state index in [2.05, 4.69) is 76.8 Å². The molecule has 26 heavy (non-hydrogen) atoms. The minimum atomic E-state index is 0. The van der Waals surface area contributed by atoms with Crippen LogP contribution in [-0.4, -0.2) is 75.2 Å². The Morgan fingerprint density at radius 3 is 2.62 bits per heavy atom. The fraction of sp³-hybridized carbons (Fsp3) is 0.650. The molecule has 0 aliphatic carbocycles. The van der Waals surface area contributed by atoms with Gasteiger partial charge in [-0.2, -0.15) is 0 Å². The highest BCUT2D eigenvalue weighted by atomic mass is 127. The minimum absolute atomic E-state index is 0. The standard InChI is InChI=1S/C20H35N5.HI/c1-5-25-13-9-12-18(25)15-22-20(21-2)23-16-19(24(3)4)14-17-10-7-6-8-11-17;/h6-8,10-11,18-19H,5,9,12-16H2,1-4H3,(H2,21,22,23);1H. The first-order valence-corrected chi connectivity index (χ1v) is 9.53. The van der Waals surface area contributed by atoms with Gasteiger partial charge in [0.1, 0.15) is 0 Å². The Balaban J connectivity index is 0.00000338. The second-order valence-corrected chi connectivity index (χ2v) is 7.07. The summed E-state index contributed by atoms with van der Waals surface area (Å²) in [5.74, 6) is 0.905. The normalized spacial score (nSPS) is 19.3. The predicted molar refractivity (Wildman–Crippen MR) is 123 cm³/mol. The maximum absolute atomic E-state index is 4.40. The van der Waals surface area contributed by atoms with Crippen LogP contribution in [0.2, 0.25) is 0 Å². The number of guanidine groups is 1. The lowest BCUT2D eigenvalue weighted by molar-refractivity contribution is 0.266. The zero-order valence-electron chi connectivity index (χ0n) is 16.7. The molecule has 0 spiro atoms. The Labute approximate surface area is 176 Å². The third-order valence-corrected chi connectivity index (χ3v) is 5.18. The first-order valence-electron chi connectivity index (χ1n) is 9.53. The number of hydrogen-bond donors (Lipinski definition) is 2. The molecule has 1 aliphatic rings. The highest BCUT2D eigenvalue weighted by molar-refractivity contribution is 14.0.